The highest BCUT2D eigenvalue weighted by Gasteiger charge is 2.18. The van der Waals surface area contributed by atoms with E-state index in [4.69, 9.17) is 9.26 Å². The fraction of sp³-hybridized carbons (Fsp3) is 0.278. The van der Waals surface area contributed by atoms with Crippen LogP contribution in [0.3, 0.4) is 0 Å². The number of hydrogen-bond donors (Lipinski definition) is 0. The number of non-ortho nitro benzene ring substituents is 1. The standard InChI is InChI=1S/C18H18N4O5/c1-4-21-11(2)9-15(12(21)3)18(23)26-10-16-19-17(20-27-16)13-5-7-14(8-6-13)22(24)25/h5-9H,4,10H2,1-3H3. The van der Waals surface area contributed by atoms with Crippen molar-refractivity contribution in [2.45, 2.75) is 33.9 Å². The van der Waals surface area contributed by atoms with Crippen LogP contribution >= 0.6 is 0 Å². The summed E-state index contributed by atoms with van der Waals surface area (Å²) >= 11 is 0. The summed E-state index contributed by atoms with van der Waals surface area (Å²) in [5.41, 5.74) is 2.87. The van der Waals surface area contributed by atoms with Gasteiger partial charge in [-0.2, -0.15) is 4.98 Å². The molecule has 0 radical (unpaired) electrons. The highest BCUT2D eigenvalue weighted by atomic mass is 16.6. The van der Waals surface area contributed by atoms with E-state index >= 15 is 0 Å². The number of carbonyl (C=O) groups is 1. The molecule has 3 aromatic rings. The minimum atomic E-state index is -0.486. The van der Waals surface area contributed by atoms with Crippen molar-refractivity contribution in [3.05, 3.63) is 63.3 Å². The molecule has 0 fully saturated rings. The first kappa shape index (κ1) is 18.3. The molecule has 0 saturated heterocycles. The van der Waals surface area contributed by atoms with Gasteiger partial charge in [-0.1, -0.05) is 5.16 Å². The maximum atomic E-state index is 12.3. The number of rotatable bonds is 6. The lowest BCUT2D eigenvalue weighted by molar-refractivity contribution is -0.384. The number of hydrogen-bond acceptors (Lipinski definition) is 7. The van der Waals surface area contributed by atoms with Crippen LogP contribution in [0.2, 0.25) is 0 Å². The lowest BCUT2D eigenvalue weighted by Crippen LogP contribution is -2.07. The molecule has 0 bridgehead atoms. The van der Waals surface area contributed by atoms with E-state index in [0.29, 0.717) is 11.1 Å². The number of carbonyl (C=O) groups excluding carboxylic acids is 1. The van der Waals surface area contributed by atoms with E-state index in [1.165, 1.54) is 24.3 Å². The summed E-state index contributed by atoms with van der Waals surface area (Å²) in [6.45, 7) is 6.42. The summed E-state index contributed by atoms with van der Waals surface area (Å²) in [6, 6.07) is 7.55. The Morgan fingerprint density at radius 1 is 1.30 bits per heavy atom. The van der Waals surface area contributed by atoms with Gasteiger partial charge in [0.1, 0.15) is 0 Å². The summed E-state index contributed by atoms with van der Waals surface area (Å²) < 4.78 is 12.4. The van der Waals surface area contributed by atoms with Gasteiger partial charge in [-0.05, 0) is 39.0 Å². The normalized spacial score (nSPS) is 10.8. The van der Waals surface area contributed by atoms with Gasteiger partial charge >= 0.3 is 5.97 Å². The van der Waals surface area contributed by atoms with Crippen molar-refractivity contribution in [1.82, 2.24) is 14.7 Å². The van der Waals surface area contributed by atoms with Gasteiger partial charge in [0.15, 0.2) is 6.61 Å². The molecule has 140 valence electrons. The number of ether oxygens (including phenoxy) is 1. The van der Waals surface area contributed by atoms with Crippen LogP contribution < -0.4 is 0 Å². The fourth-order valence-electron chi connectivity index (χ4n) is 2.86. The molecule has 0 N–H and O–H groups in total. The summed E-state index contributed by atoms with van der Waals surface area (Å²) in [5, 5.41) is 14.5. The van der Waals surface area contributed by atoms with Gasteiger partial charge in [-0.3, -0.25) is 10.1 Å². The summed E-state index contributed by atoms with van der Waals surface area (Å²) in [5.74, 6) is -0.0565. The molecule has 0 aliphatic heterocycles. The maximum absolute atomic E-state index is 12.3. The Morgan fingerprint density at radius 3 is 2.59 bits per heavy atom. The maximum Gasteiger partial charge on any atom is 0.340 e. The third kappa shape index (κ3) is 3.71. The number of benzene rings is 1. The van der Waals surface area contributed by atoms with Crippen LogP contribution in [0.4, 0.5) is 5.69 Å². The molecule has 0 atom stereocenters. The molecular formula is C18H18N4O5. The van der Waals surface area contributed by atoms with Crippen molar-refractivity contribution in [3.63, 3.8) is 0 Å². The average Bonchev–Trinajstić information content (AvgIpc) is 3.24. The molecule has 0 spiro atoms. The minimum Gasteiger partial charge on any atom is -0.452 e. The lowest BCUT2D eigenvalue weighted by Gasteiger charge is -2.05. The van der Waals surface area contributed by atoms with E-state index in [-0.39, 0.29) is 24.0 Å². The van der Waals surface area contributed by atoms with Crippen LogP contribution in [0.25, 0.3) is 11.4 Å². The first-order valence-electron chi connectivity index (χ1n) is 8.32. The molecular weight excluding hydrogens is 352 g/mol. The van der Waals surface area contributed by atoms with Crippen molar-refractivity contribution in [1.29, 1.82) is 0 Å². The molecule has 1 aromatic carbocycles. The van der Waals surface area contributed by atoms with E-state index in [9.17, 15) is 14.9 Å². The van der Waals surface area contributed by atoms with E-state index in [2.05, 4.69) is 10.1 Å². The summed E-state index contributed by atoms with van der Waals surface area (Å²) in [6.07, 6.45) is 0. The third-order valence-corrected chi connectivity index (χ3v) is 4.24. The van der Waals surface area contributed by atoms with Crippen LogP contribution in [0.1, 0.15) is 34.6 Å². The molecule has 0 aliphatic rings. The topological polar surface area (TPSA) is 113 Å². The van der Waals surface area contributed by atoms with Gasteiger partial charge < -0.3 is 13.8 Å². The largest absolute Gasteiger partial charge is 0.452 e. The molecule has 0 amide bonds. The third-order valence-electron chi connectivity index (χ3n) is 4.24. The minimum absolute atomic E-state index is 0.0268. The highest BCUT2D eigenvalue weighted by molar-refractivity contribution is 5.91. The summed E-state index contributed by atoms with van der Waals surface area (Å²) in [7, 11) is 0. The number of esters is 1. The first-order chi connectivity index (χ1) is 12.9. The zero-order valence-electron chi connectivity index (χ0n) is 15.1. The van der Waals surface area contributed by atoms with E-state index in [1.54, 1.807) is 6.07 Å². The predicted octanol–water partition coefficient (Wildman–Crippen LogP) is 3.44. The van der Waals surface area contributed by atoms with Crippen LogP contribution in [0.5, 0.6) is 0 Å². The second-order valence-electron chi connectivity index (χ2n) is 5.92. The molecule has 9 nitrogen and oxygen atoms in total. The van der Waals surface area contributed by atoms with Crippen molar-refractivity contribution in [3.8, 4) is 11.4 Å². The van der Waals surface area contributed by atoms with Gasteiger partial charge in [0.25, 0.3) is 11.6 Å². The molecule has 0 saturated carbocycles. The van der Waals surface area contributed by atoms with Crippen LogP contribution in [0, 0.1) is 24.0 Å². The Kier molecular flexibility index (Phi) is 5.02. The van der Waals surface area contributed by atoms with E-state index < -0.39 is 10.9 Å². The molecule has 3 rings (SSSR count). The summed E-state index contributed by atoms with van der Waals surface area (Å²) in [4.78, 5) is 26.7. The lowest BCUT2D eigenvalue weighted by atomic mass is 10.2. The molecule has 9 heteroatoms. The van der Waals surface area contributed by atoms with Crippen molar-refractivity contribution < 1.29 is 19.0 Å². The Morgan fingerprint density at radius 2 is 2.00 bits per heavy atom. The molecule has 2 heterocycles. The van der Waals surface area contributed by atoms with Crippen LogP contribution in [0.15, 0.2) is 34.9 Å². The van der Waals surface area contributed by atoms with Crippen LogP contribution in [-0.4, -0.2) is 25.6 Å². The first-order valence-corrected chi connectivity index (χ1v) is 8.32. The second-order valence-corrected chi connectivity index (χ2v) is 5.92. The van der Waals surface area contributed by atoms with Gasteiger partial charge in [0.2, 0.25) is 5.82 Å². The monoisotopic (exact) mass is 370 g/mol. The van der Waals surface area contributed by atoms with Gasteiger partial charge in [-0.25, -0.2) is 4.79 Å². The molecule has 27 heavy (non-hydrogen) atoms. The highest BCUT2D eigenvalue weighted by Crippen LogP contribution is 2.21. The van der Waals surface area contributed by atoms with E-state index in [1.807, 2.05) is 25.3 Å². The van der Waals surface area contributed by atoms with E-state index in [0.717, 1.165) is 17.9 Å². The number of aryl methyl sites for hydroxylation is 1. The molecule has 2 aromatic heterocycles. The smallest absolute Gasteiger partial charge is 0.340 e. The van der Waals surface area contributed by atoms with Crippen molar-refractivity contribution >= 4 is 11.7 Å². The predicted molar refractivity (Wildman–Crippen MR) is 95.1 cm³/mol. The zero-order valence-corrected chi connectivity index (χ0v) is 15.1. The number of aromatic nitrogens is 3. The number of nitro groups is 1. The van der Waals surface area contributed by atoms with Gasteiger partial charge in [0, 0.05) is 35.6 Å². The Labute approximate surface area is 154 Å². The van der Waals surface area contributed by atoms with Crippen molar-refractivity contribution in [2.24, 2.45) is 0 Å². The Bertz CT molecular complexity index is 988. The Balaban J connectivity index is 1.67. The number of nitrogens with zero attached hydrogens (tertiary/aromatic N) is 4. The molecule has 0 aliphatic carbocycles. The quantitative estimate of drug-likeness (QED) is 0.371. The number of nitro benzene ring substituents is 1. The molecule has 0 unspecified atom stereocenters. The zero-order chi connectivity index (χ0) is 19.6. The SMILES string of the molecule is CCn1c(C)cc(C(=O)OCc2nc(-c3ccc([N+](=O)[O-])cc3)no2)c1C. The Hall–Kier alpha value is -3.49. The van der Waals surface area contributed by atoms with Gasteiger partial charge in [0.05, 0.1) is 10.5 Å². The van der Waals surface area contributed by atoms with Crippen molar-refractivity contribution in [2.75, 3.05) is 0 Å². The average molecular weight is 370 g/mol. The van der Waals surface area contributed by atoms with Gasteiger partial charge in [-0.15, -0.1) is 0 Å². The van der Waals surface area contributed by atoms with Crippen LogP contribution in [-0.2, 0) is 17.9 Å². The fourth-order valence-corrected chi connectivity index (χ4v) is 2.86. The second kappa shape index (κ2) is 7.40.